The number of hydrogen-bond donors (Lipinski definition) is 2. The number of amides is 1. The van der Waals surface area contributed by atoms with Crippen molar-refractivity contribution in [1.29, 1.82) is 0 Å². The van der Waals surface area contributed by atoms with Gasteiger partial charge in [0.1, 0.15) is 4.75 Å². The fourth-order valence-corrected chi connectivity index (χ4v) is 3.88. The van der Waals surface area contributed by atoms with Crippen LogP contribution in [0.25, 0.3) is 0 Å². The van der Waals surface area contributed by atoms with Crippen molar-refractivity contribution >= 4 is 15.7 Å². The Labute approximate surface area is 110 Å². The van der Waals surface area contributed by atoms with Crippen LogP contribution in [-0.2, 0) is 14.6 Å². The summed E-state index contributed by atoms with van der Waals surface area (Å²) in [6.45, 7) is 4.14. The second-order valence-electron chi connectivity index (χ2n) is 4.98. The molecule has 0 aromatic heterocycles. The van der Waals surface area contributed by atoms with E-state index in [-0.39, 0.29) is 5.91 Å². The Hall–Kier alpha value is -0.620. The SMILES string of the molecule is CCCNCCNC(=O)C1(S(C)(=O)=O)CCCC1. The fraction of sp³-hybridized carbons (Fsp3) is 0.917. The third-order valence-electron chi connectivity index (χ3n) is 3.55. The van der Waals surface area contributed by atoms with E-state index < -0.39 is 14.6 Å². The molecule has 0 saturated heterocycles. The van der Waals surface area contributed by atoms with Gasteiger partial charge in [0.15, 0.2) is 9.84 Å². The van der Waals surface area contributed by atoms with Gasteiger partial charge in [-0.1, -0.05) is 19.8 Å². The molecule has 0 bridgehead atoms. The Balaban J connectivity index is 2.52. The highest BCUT2D eigenvalue weighted by Crippen LogP contribution is 2.36. The van der Waals surface area contributed by atoms with Gasteiger partial charge in [-0.05, 0) is 25.8 Å². The maximum Gasteiger partial charge on any atom is 0.241 e. The van der Waals surface area contributed by atoms with E-state index in [4.69, 9.17) is 0 Å². The van der Waals surface area contributed by atoms with E-state index in [1.807, 2.05) is 0 Å². The lowest BCUT2D eigenvalue weighted by Crippen LogP contribution is -2.51. The van der Waals surface area contributed by atoms with Crippen molar-refractivity contribution in [3.63, 3.8) is 0 Å². The van der Waals surface area contributed by atoms with Gasteiger partial charge < -0.3 is 10.6 Å². The molecule has 0 aromatic rings. The van der Waals surface area contributed by atoms with Crippen LogP contribution in [0.4, 0.5) is 0 Å². The molecule has 0 atom stereocenters. The molecule has 0 heterocycles. The van der Waals surface area contributed by atoms with E-state index in [0.717, 1.165) is 25.8 Å². The first-order valence-electron chi connectivity index (χ1n) is 6.62. The van der Waals surface area contributed by atoms with E-state index in [0.29, 0.717) is 25.9 Å². The topological polar surface area (TPSA) is 75.3 Å². The summed E-state index contributed by atoms with van der Waals surface area (Å²) in [6, 6.07) is 0. The van der Waals surface area contributed by atoms with E-state index in [9.17, 15) is 13.2 Å². The largest absolute Gasteiger partial charge is 0.353 e. The average Bonchev–Trinajstić information content (AvgIpc) is 2.78. The molecular formula is C12H24N2O3S. The Morgan fingerprint density at radius 1 is 1.17 bits per heavy atom. The Morgan fingerprint density at radius 2 is 1.78 bits per heavy atom. The first kappa shape index (κ1) is 15.4. The maximum absolute atomic E-state index is 12.1. The molecule has 0 spiro atoms. The molecule has 106 valence electrons. The van der Waals surface area contributed by atoms with E-state index in [1.165, 1.54) is 6.26 Å². The summed E-state index contributed by atoms with van der Waals surface area (Å²) in [5, 5.41) is 5.92. The molecule has 0 aliphatic heterocycles. The van der Waals surface area contributed by atoms with Crippen molar-refractivity contribution in [3.8, 4) is 0 Å². The number of hydrogen-bond acceptors (Lipinski definition) is 4. The zero-order valence-corrected chi connectivity index (χ0v) is 12.1. The smallest absolute Gasteiger partial charge is 0.241 e. The quantitative estimate of drug-likeness (QED) is 0.662. The van der Waals surface area contributed by atoms with Gasteiger partial charge in [-0.15, -0.1) is 0 Å². The highest BCUT2D eigenvalue weighted by molar-refractivity contribution is 7.92. The van der Waals surface area contributed by atoms with Gasteiger partial charge in [-0.2, -0.15) is 0 Å². The summed E-state index contributed by atoms with van der Waals surface area (Å²) >= 11 is 0. The Bertz CT molecular complexity index is 373. The lowest BCUT2D eigenvalue weighted by atomic mass is 10.1. The summed E-state index contributed by atoms with van der Waals surface area (Å²) in [5.74, 6) is -0.319. The van der Waals surface area contributed by atoms with E-state index >= 15 is 0 Å². The third-order valence-corrected chi connectivity index (χ3v) is 5.56. The minimum Gasteiger partial charge on any atom is -0.353 e. The van der Waals surface area contributed by atoms with Gasteiger partial charge >= 0.3 is 0 Å². The van der Waals surface area contributed by atoms with Gasteiger partial charge in [0.2, 0.25) is 5.91 Å². The van der Waals surface area contributed by atoms with Gasteiger partial charge in [-0.25, -0.2) is 8.42 Å². The van der Waals surface area contributed by atoms with Crippen LogP contribution in [0.1, 0.15) is 39.0 Å². The molecular weight excluding hydrogens is 252 g/mol. The minimum atomic E-state index is -3.34. The first-order valence-corrected chi connectivity index (χ1v) is 8.52. The van der Waals surface area contributed by atoms with Crippen molar-refractivity contribution in [2.75, 3.05) is 25.9 Å². The number of sulfone groups is 1. The zero-order valence-electron chi connectivity index (χ0n) is 11.3. The molecule has 1 aliphatic rings. The van der Waals surface area contributed by atoms with Gasteiger partial charge in [0.05, 0.1) is 0 Å². The predicted molar refractivity (Wildman–Crippen MR) is 72.2 cm³/mol. The van der Waals surface area contributed by atoms with Gasteiger partial charge in [0, 0.05) is 19.3 Å². The first-order chi connectivity index (χ1) is 8.44. The van der Waals surface area contributed by atoms with Crippen molar-refractivity contribution in [2.24, 2.45) is 0 Å². The lowest BCUT2D eigenvalue weighted by Gasteiger charge is -2.25. The summed E-state index contributed by atoms with van der Waals surface area (Å²) in [4.78, 5) is 12.1. The number of carbonyl (C=O) groups excluding carboxylic acids is 1. The van der Waals surface area contributed by atoms with Crippen LogP contribution in [0.5, 0.6) is 0 Å². The summed E-state index contributed by atoms with van der Waals surface area (Å²) in [7, 11) is -3.34. The average molecular weight is 276 g/mol. The molecule has 2 N–H and O–H groups in total. The van der Waals surface area contributed by atoms with Gasteiger partial charge in [-0.3, -0.25) is 4.79 Å². The summed E-state index contributed by atoms with van der Waals surface area (Å²) < 4.78 is 22.5. The van der Waals surface area contributed by atoms with Crippen LogP contribution in [0.3, 0.4) is 0 Å². The highest BCUT2D eigenvalue weighted by atomic mass is 32.2. The molecule has 5 nitrogen and oxygen atoms in total. The molecule has 1 saturated carbocycles. The second-order valence-corrected chi connectivity index (χ2v) is 7.31. The summed E-state index contributed by atoms with van der Waals surface area (Å²) in [5.41, 5.74) is 0. The molecule has 1 aliphatic carbocycles. The standard InChI is InChI=1S/C12H24N2O3S/c1-3-8-13-9-10-14-11(15)12(18(2,16)17)6-4-5-7-12/h13H,3-10H2,1-2H3,(H,14,15). The molecule has 18 heavy (non-hydrogen) atoms. The van der Waals surface area contributed by atoms with Crippen LogP contribution in [-0.4, -0.2) is 45.0 Å². The van der Waals surface area contributed by atoms with Gasteiger partial charge in [0.25, 0.3) is 0 Å². The van der Waals surface area contributed by atoms with Crippen LogP contribution < -0.4 is 10.6 Å². The van der Waals surface area contributed by atoms with Crippen molar-refractivity contribution < 1.29 is 13.2 Å². The molecule has 1 rings (SSSR count). The van der Waals surface area contributed by atoms with Crippen LogP contribution in [0, 0.1) is 0 Å². The van der Waals surface area contributed by atoms with Crippen molar-refractivity contribution in [3.05, 3.63) is 0 Å². The molecule has 6 heteroatoms. The molecule has 0 unspecified atom stereocenters. The highest BCUT2D eigenvalue weighted by Gasteiger charge is 2.49. The number of carbonyl (C=O) groups is 1. The molecule has 0 aromatic carbocycles. The Morgan fingerprint density at radius 3 is 2.28 bits per heavy atom. The Kier molecular flexibility index (Phi) is 5.59. The van der Waals surface area contributed by atoms with Crippen LogP contribution in [0.15, 0.2) is 0 Å². The maximum atomic E-state index is 12.1. The minimum absolute atomic E-state index is 0.319. The van der Waals surface area contributed by atoms with Crippen molar-refractivity contribution in [1.82, 2.24) is 10.6 Å². The monoisotopic (exact) mass is 276 g/mol. The second kappa shape index (κ2) is 6.52. The van der Waals surface area contributed by atoms with Crippen LogP contribution in [0.2, 0.25) is 0 Å². The molecule has 0 radical (unpaired) electrons. The summed E-state index contributed by atoms with van der Waals surface area (Å²) in [6.07, 6.45) is 4.76. The predicted octanol–water partition coefficient (Wildman–Crippen LogP) is 0.460. The number of nitrogens with one attached hydrogen (secondary N) is 2. The molecule has 1 fully saturated rings. The zero-order chi connectivity index (χ0) is 13.6. The van der Waals surface area contributed by atoms with E-state index in [1.54, 1.807) is 0 Å². The fourth-order valence-electron chi connectivity index (χ4n) is 2.44. The van der Waals surface area contributed by atoms with Crippen molar-refractivity contribution in [2.45, 2.75) is 43.8 Å². The molecule has 1 amide bonds. The van der Waals surface area contributed by atoms with E-state index in [2.05, 4.69) is 17.6 Å². The normalized spacial score (nSPS) is 18.8. The lowest BCUT2D eigenvalue weighted by molar-refractivity contribution is -0.123. The van der Waals surface area contributed by atoms with Crippen LogP contribution >= 0.6 is 0 Å². The number of rotatable bonds is 7. The third kappa shape index (κ3) is 3.45.